The molecule has 1 aliphatic rings. The van der Waals surface area contributed by atoms with E-state index in [1.807, 2.05) is 20.8 Å². The molecule has 1 heterocycles. The molecule has 0 aromatic carbocycles. The third kappa shape index (κ3) is 5.37. The zero-order chi connectivity index (χ0) is 11.3. The van der Waals surface area contributed by atoms with E-state index in [4.69, 9.17) is 9.47 Å². The number of carbonyl (C=O) groups excluding carboxylic acids is 1. The Morgan fingerprint density at radius 1 is 1.53 bits per heavy atom. The topological polar surface area (TPSA) is 59.9 Å². The van der Waals surface area contributed by atoms with Crippen LogP contribution in [-0.4, -0.2) is 30.6 Å². The Kier molecular flexibility index (Phi) is 4.08. The average Bonchev–Trinajstić information content (AvgIpc) is 2.14. The molecule has 1 amide bonds. The molecular formula is C10H18N2O3. The molecule has 1 fully saturated rings. The molecule has 5 nitrogen and oxygen atoms in total. The van der Waals surface area contributed by atoms with Gasteiger partial charge in [-0.1, -0.05) is 0 Å². The average molecular weight is 214 g/mol. The Morgan fingerprint density at radius 2 is 2.27 bits per heavy atom. The lowest BCUT2D eigenvalue weighted by Gasteiger charge is -2.19. The summed E-state index contributed by atoms with van der Waals surface area (Å²) in [4.78, 5) is 11.2. The fourth-order valence-corrected chi connectivity index (χ4v) is 1.15. The first kappa shape index (κ1) is 12.0. The van der Waals surface area contributed by atoms with E-state index in [0.29, 0.717) is 6.61 Å². The van der Waals surface area contributed by atoms with Crippen LogP contribution < -0.4 is 5.43 Å². The highest BCUT2D eigenvalue weighted by atomic mass is 16.6. The second-order valence-electron chi connectivity index (χ2n) is 4.45. The smallest absolute Gasteiger partial charge is 0.428 e. The molecular weight excluding hydrogens is 196 g/mol. The Labute approximate surface area is 89.8 Å². The molecule has 0 atom stereocenters. The number of rotatable bonds is 1. The minimum absolute atomic E-state index is 0.493. The first-order chi connectivity index (χ1) is 6.97. The van der Waals surface area contributed by atoms with Crippen LogP contribution in [0.25, 0.3) is 0 Å². The highest BCUT2D eigenvalue weighted by molar-refractivity contribution is 5.87. The second kappa shape index (κ2) is 5.11. The van der Waals surface area contributed by atoms with Crippen LogP contribution in [0.1, 0.15) is 33.6 Å². The van der Waals surface area contributed by atoms with E-state index in [-0.39, 0.29) is 0 Å². The summed E-state index contributed by atoms with van der Waals surface area (Å²) in [5, 5.41) is 3.93. The molecule has 0 radical (unpaired) electrons. The van der Waals surface area contributed by atoms with Crippen molar-refractivity contribution in [1.82, 2.24) is 5.43 Å². The van der Waals surface area contributed by atoms with Crippen molar-refractivity contribution in [3.63, 3.8) is 0 Å². The van der Waals surface area contributed by atoms with Crippen LogP contribution in [0.4, 0.5) is 4.79 Å². The van der Waals surface area contributed by atoms with Crippen molar-refractivity contribution in [2.75, 3.05) is 13.2 Å². The summed E-state index contributed by atoms with van der Waals surface area (Å²) >= 11 is 0. The van der Waals surface area contributed by atoms with E-state index >= 15 is 0 Å². The van der Waals surface area contributed by atoms with E-state index in [0.717, 1.165) is 25.2 Å². The molecule has 0 spiro atoms. The van der Waals surface area contributed by atoms with Crippen molar-refractivity contribution in [2.24, 2.45) is 5.10 Å². The number of hydrazone groups is 1. The van der Waals surface area contributed by atoms with E-state index in [9.17, 15) is 4.79 Å². The summed E-state index contributed by atoms with van der Waals surface area (Å²) < 4.78 is 10.2. The minimum atomic E-state index is -0.527. The van der Waals surface area contributed by atoms with Crippen molar-refractivity contribution >= 4 is 11.8 Å². The molecule has 1 rings (SSSR count). The maximum absolute atomic E-state index is 11.2. The lowest BCUT2D eigenvalue weighted by atomic mass is 10.2. The van der Waals surface area contributed by atoms with Gasteiger partial charge in [0.05, 0.1) is 12.3 Å². The molecule has 0 aromatic rings. The van der Waals surface area contributed by atoms with Crippen LogP contribution in [0.2, 0.25) is 0 Å². The third-order valence-corrected chi connectivity index (χ3v) is 1.73. The fraction of sp³-hybridized carbons (Fsp3) is 0.800. The van der Waals surface area contributed by atoms with Crippen molar-refractivity contribution in [1.29, 1.82) is 0 Å². The van der Waals surface area contributed by atoms with Crippen LogP contribution in [0.5, 0.6) is 0 Å². The maximum Gasteiger partial charge on any atom is 0.428 e. The van der Waals surface area contributed by atoms with Gasteiger partial charge < -0.3 is 9.47 Å². The predicted octanol–water partition coefficient (Wildman–Crippen LogP) is 1.68. The molecule has 0 saturated carbocycles. The molecule has 1 saturated heterocycles. The quantitative estimate of drug-likeness (QED) is 0.675. The van der Waals surface area contributed by atoms with E-state index in [1.165, 1.54) is 0 Å². The SMILES string of the molecule is CC(C)(C)OC(=O)N/N=C1\CCCOC1. The number of hydrogen-bond acceptors (Lipinski definition) is 4. The number of nitrogens with zero attached hydrogens (tertiary/aromatic N) is 1. The van der Waals surface area contributed by atoms with Gasteiger partial charge >= 0.3 is 6.09 Å². The van der Waals surface area contributed by atoms with E-state index < -0.39 is 11.7 Å². The standard InChI is InChI=1S/C10H18N2O3/c1-10(2,3)15-9(13)12-11-8-5-4-6-14-7-8/h4-7H2,1-3H3,(H,12,13)/b11-8+. The van der Waals surface area contributed by atoms with E-state index in [2.05, 4.69) is 10.5 Å². The van der Waals surface area contributed by atoms with Crippen LogP contribution >= 0.6 is 0 Å². The summed E-state index contributed by atoms with van der Waals surface area (Å²) in [6.45, 7) is 6.69. The van der Waals surface area contributed by atoms with Crippen molar-refractivity contribution in [3.05, 3.63) is 0 Å². The summed E-state index contributed by atoms with van der Waals surface area (Å²) in [6.07, 6.45) is 1.30. The Hall–Kier alpha value is -1.10. The van der Waals surface area contributed by atoms with Gasteiger partial charge in [0.2, 0.25) is 0 Å². The first-order valence-corrected chi connectivity index (χ1v) is 5.09. The number of hydrogen-bond donors (Lipinski definition) is 1. The molecule has 0 bridgehead atoms. The lowest BCUT2D eigenvalue weighted by molar-refractivity contribution is 0.0528. The van der Waals surface area contributed by atoms with Gasteiger partial charge in [0.15, 0.2) is 0 Å². The largest absolute Gasteiger partial charge is 0.443 e. The highest BCUT2D eigenvalue weighted by Gasteiger charge is 2.16. The van der Waals surface area contributed by atoms with Crippen LogP contribution in [0.15, 0.2) is 5.10 Å². The molecule has 1 N–H and O–H groups in total. The molecule has 15 heavy (non-hydrogen) atoms. The van der Waals surface area contributed by atoms with Crippen LogP contribution in [-0.2, 0) is 9.47 Å². The number of carbonyl (C=O) groups is 1. The van der Waals surface area contributed by atoms with Gasteiger partial charge in [-0.05, 0) is 33.6 Å². The predicted molar refractivity (Wildman–Crippen MR) is 56.9 cm³/mol. The normalized spacial score (nSPS) is 20.1. The zero-order valence-corrected chi connectivity index (χ0v) is 9.50. The van der Waals surface area contributed by atoms with Gasteiger partial charge in [0, 0.05) is 6.61 Å². The zero-order valence-electron chi connectivity index (χ0n) is 9.50. The van der Waals surface area contributed by atoms with Crippen molar-refractivity contribution in [3.8, 4) is 0 Å². The lowest BCUT2D eigenvalue weighted by Crippen LogP contribution is -2.31. The minimum Gasteiger partial charge on any atom is -0.443 e. The monoisotopic (exact) mass is 214 g/mol. The summed E-state index contributed by atoms with van der Waals surface area (Å²) in [5.74, 6) is 0. The fourth-order valence-electron chi connectivity index (χ4n) is 1.15. The van der Waals surface area contributed by atoms with Gasteiger partial charge in [0.25, 0.3) is 0 Å². The van der Waals surface area contributed by atoms with Crippen molar-refractivity contribution in [2.45, 2.75) is 39.2 Å². The number of ether oxygens (including phenoxy) is 2. The highest BCUT2D eigenvalue weighted by Crippen LogP contribution is 2.06. The summed E-state index contributed by atoms with van der Waals surface area (Å²) in [6, 6.07) is 0. The van der Waals surface area contributed by atoms with Crippen molar-refractivity contribution < 1.29 is 14.3 Å². The van der Waals surface area contributed by atoms with Crippen LogP contribution in [0, 0.1) is 0 Å². The number of nitrogens with one attached hydrogen (secondary N) is 1. The molecule has 0 aliphatic carbocycles. The summed E-state index contributed by atoms with van der Waals surface area (Å²) in [7, 11) is 0. The third-order valence-electron chi connectivity index (χ3n) is 1.73. The van der Waals surface area contributed by atoms with Gasteiger partial charge in [0.1, 0.15) is 5.60 Å². The molecule has 0 unspecified atom stereocenters. The van der Waals surface area contributed by atoms with Crippen LogP contribution in [0.3, 0.4) is 0 Å². The van der Waals surface area contributed by atoms with Gasteiger partial charge in [-0.3, -0.25) is 0 Å². The van der Waals surface area contributed by atoms with Gasteiger partial charge in [-0.25, -0.2) is 10.2 Å². The molecule has 86 valence electrons. The molecule has 1 aliphatic heterocycles. The Balaban J connectivity index is 2.32. The summed E-state index contributed by atoms with van der Waals surface area (Å²) in [5.41, 5.74) is 2.72. The van der Waals surface area contributed by atoms with Gasteiger partial charge in [-0.15, -0.1) is 0 Å². The first-order valence-electron chi connectivity index (χ1n) is 5.09. The van der Waals surface area contributed by atoms with Gasteiger partial charge in [-0.2, -0.15) is 5.10 Å². The Morgan fingerprint density at radius 3 is 2.80 bits per heavy atom. The number of amides is 1. The Bertz CT molecular complexity index is 248. The second-order valence-corrected chi connectivity index (χ2v) is 4.45. The van der Waals surface area contributed by atoms with E-state index in [1.54, 1.807) is 0 Å². The maximum atomic E-state index is 11.2. The molecule has 5 heteroatoms. The molecule has 0 aromatic heterocycles.